The zero-order valence-corrected chi connectivity index (χ0v) is 10.5. The molecule has 0 saturated heterocycles. The third-order valence-electron chi connectivity index (χ3n) is 2.57. The molecule has 1 aromatic carbocycles. The summed E-state index contributed by atoms with van der Waals surface area (Å²) in [5.74, 6) is -0.967. The average Bonchev–Trinajstić information content (AvgIpc) is 2.39. The standard InChI is InChI=1S/C13H16FNO3/c1-3-15(9-8-12(16)18-2)13(17)10-4-6-11(14)7-5-10/h4-7H,3,8-9H2,1-2H3. The van der Waals surface area contributed by atoms with Crippen molar-refractivity contribution < 1.29 is 18.7 Å². The van der Waals surface area contributed by atoms with E-state index in [-0.39, 0.29) is 24.1 Å². The fraction of sp³-hybridized carbons (Fsp3) is 0.385. The van der Waals surface area contributed by atoms with Gasteiger partial charge in [0, 0.05) is 18.7 Å². The van der Waals surface area contributed by atoms with E-state index in [2.05, 4.69) is 4.74 Å². The number of carbonyl (C=O) groups is 2. The summed E-state index contributed by atoms with van der Waals surface area (Å²) in [5, 5.41) is 0. The van der Waals surface area contributed by atoms with Crippen molar-refractivity contribution in [3.05, 3.63) is 35.6 Å². The van der Waals surface area contributed by atoms with Crippen LogP contribution in [0.3, 0.4) is 0 Å². The fourth-order valence-electron chi connectivity index (χ4n) is 1.51. The summed E-state index contributed by atoms with van der Waals surface area (Å²) in [7, 11) is 1.31. The van der Waals surface area contributed by atoms with Crippen molar-refractivity contribution in [2.45, 2.75) is 13.3 Å². The van der Waals surface area contributed by atoms with Crippen LogP contribution in [0, 0.1) is 5.82 Å². The predicted molar refractivity (Wildman–Crippen MR) is 64.6 cm³/mol. The van der Waals surface area contributed by atoms with Crippen LogP contribution in [0.5, 0.6) is 0 Å². The van der Waals surface area contributed by atoms with E-state index >= 15 is 0 Å². The van der Waals surface area contributed by atoms with Crippen LogP contribution in [0.1, 0.15) is 23.7 Å². The number of hydrogen-bond donors (Lipinski definition) is 0. The topological polar surface area (TPSA) is 46.6 Å². The van der Waals surface area contributed by atoms with E-state index in [1.807, 2.05) is 6.92 Å². The lowest BCUT2D eigenvalue weighted by Crippen LogP contribution is -2.33. The fourth-order valence-corrected chi connectivity index (χ4v) is 1.51. The Bertz CT molecular complexity index is 417. The summed E-state index contributed by atoms with van der Waals surface area (Å²) in [6.07, 6.45) is 0.150. The van der Waals surface area contributed by atoms with Gasteiger partial charge < -0.3 is 9.64 Å². The maximum atomic E-state index is 12.7. The van der Waals surface area contributed by atoms with E-state index in [4.69, 9.17) is 0 Å². The van der Waals surface area contributed by atoms with Crippen LogP contribution in [0.2, 0.25) is 0 Å². The number of hydrogen-bond acceptors (Lipinski definition) is 3. The molecule has 0 N–H and O–H groups in total. The molecule has 4 nitrogen and oxygen atoms in total. The van der Waals surface area contributed by atoms with E-state index < -0.39 is 0 Å². The molecule has 1 amide bonds. The van der Waals surface area contributed by atoms with Gasteiger partial charge in [0.05, 0.1) is 13.5 Å². The van der Waals surface area contributed by atoms with Crippen molar-refractivity contribution in [2.24, 2.45) is 0 Å². The Kier molecular flexibility index (Phi) is 5.30. The van der Waals surface area contributed by atoms with Crippen molar-refractivity contribution in [1.29, 1.82) is 0 Å². The molecule has 0 aromatic heterocycles. The van der Waals surface area contributed by atoms with E-state index in [1.54, 1.807) is 0 Å². The second kappa shape index (κ2) is 6.74. The van der Waals surface area contributed by atoms with E-state index in [1.165, 1.54) is 36.3 Å². The SMILES string of the molecule is CCN(CCC(=O)OC)C(=O)c1ccc(F)cc1. The van der Waals surface area contributed by atoms with Crippen LogP contribution >= 0.6 is 0 Å². The van der Waals surface area contributed by atoms with Gasteiger partial charge in [-0.25, -0.2) is 4.39 Å². The number of halogens is 1. The molecule has 0 spiro atoms. The first-order chi connectivity index (χ1) is 8.58. The van der Waals surface area contributed by atoms with Crippen LogP contribution in [0.15, 0.2) is 24.3 Å². The number of amides is 1. The lowest BCUT2D eigenvalue weighted by molar-refractivity contribution is -0.140. The van der Waals surface area contributed by atoms with Gasteiger partial charge in [0.2, 0.25) is 0 Å². The molecular formula is C13H16FNO3. The van der Waals surface area contributed by atoms with Gasteiger partial charge in [-0.2, -0.15) is 0 Å². The van der Waals surface area contributed by atoms with Gasteiger partial charge in [-0.1, -0.05) is 0 Å². The zero-order valence-electron chi connectivity index (χ0n) is 10.5. The van der Waals surface area contributed by atoms with Crippen LogP contribution < -0.4 is 0 Å². The summed E-state index contributed by atoms with van der Waals surface area (Å²) < 4.78 is 17.3. The van der Waals surface area contributed by atoms with Crippen molar-refractivity contribution in [3.63, 3.8) is 0 Å². The van der Waals surface area contributed by atoms with Gasteiger partial charge in [-0.05, 0) is 31.2 Å². The average molecular weight is 253 g/mol. The quantitative estimate of drug-likeness (QED) is 0.752. The van der Waals surface area contributed by atoms with Crippen LogP contribution in [-0.4, -0.2) is 37.0 Å². The van der Waals surface area contributed by atoms with Crippen molar-refractivity contribution in [2.75, 3.05) is 20.2 Å². The smallest absolute Gasteiger partial charge is 0.307 e. The van der Waals surface area contributed by atoms with E-state index in [9.17, 15) is 14.0 Å². The number of esters is 1. The number of methoxy groups -OCH3 is 1. The first-order valence-electron chi connectivity index (χ1n) is 5.70. The minimum atomic E-state index is -0.385. The van der Waals surface area contributed by atoms with Crippen LogP contribution in [0.25, 0.3) is 0 Å². The summed E-state index contributed by atoms with van der Waals surface area (Å²) >= 11 is 0. The second-order valence-corrected chi connectivity index (χ2v) is 3.72. The summed E-state index contributed by atoms with van der Waals surface area (Å²) in [6.45, 7) is 2.59. The highest BCUT2D eigenvalue weighted by atomic mass is 19.1. The predicted octanol–water partition coefficient (Wildman–Crippen LogP) is 1.85. The maximum Gasteiger partial charge on any atom is 0.307 e. The lowest BCUT2D eigenvalue weighted by Gasteiger charge is -2.20. The highest BCUT2D eigenvalue weighted by Crippen LogP contribution is 2.07. The summed E-state index contributed by atoms with van der Waals surface area (Å²) in [4.78, 5) is 24.6. The third kappa shape index (κ3) is 3.84. The molecule has 0 aliphatic rings. The van der Waals surface area contributed by atoms with E-state index in [0.717, 1.165) is 0 Å². The number of ether oxygens (including phenoxy) is 1. The van der Waals surface area contributed by atoms with Crippen molar-refractivity contribution >= 4 is 11.9 Å². The molecule has 5 heteroatoms. The number of rotatable bonds is 5. The number of nitrogens with zero attached hydrogens (tertiary/aromatic N) is 1. The molecule has 0 radical (unpaired) electrons. The molecule has 0 fully saturated rings. The molecule has 0 atom stereocenters. The van der Waals surface area contributed by atoms with Gasteiger partial charge in [0.1, 0.15) is 5.82 Å². The molecular weight excluding hydrogens is 237 g/mol. The van der Waals surface area contributed by atoms with Crippen molar-refractivity contribution in [1.82, 2.24) is 4.90 Å². The van der Waals surface area contributed by atoms with Gasteiger partial charge in [0.25, 0.3) is 5.91 Å². The zero-order chi connectivity index (χ0) is 13.5. The molecule has 1 aromatic rings. The van der Waals surface area contributed by atoms with Crippen LogP contribution in [0.4, 0.5) is 4.39 Å². The molecule has 0 bridgehead atoms. The Morgan fingerprint density at radius 1 is 1.28 bits per heavy atom. The highest BCUT2D eigenvalue weighted by Gasteiger charge is 2.15. The molecule has 0 aliphatic heterocycles. The Morgan fingerprint density at radius 3 is 2.39 bits per heavy atom. The normalized spacial score (nSPS) is 9.94. The number of benzene rings is 1. The highest BCUT2D eigenvalue weighted by molar-refractivity contribution is 5.94. The molecule has 98 valence electrons. The van der Waals surface area contributed by atoms with Gasteiger partial charge in [-0.3, -0.25) is 9.59 Å². The molecule has 0 unspecified atom stereocenters. The molecule has 0 heterocycles. The Morgan fingerprint density at radius 2 is 1.89 bits per heavy atom. The maximum absolute atomic E-state index is 12.7. The lowest BCUT2D eigenvalue weighted by atomic mass is 10.2. The van der Waals surface area contributed by atoms with Gasteiger partial charge in [-0.15, -0.1) is 0 Å². The molecule has 0 aliphatic carbocycles. The minimum absolute atomic E-state index is 0.150. The molecule has 1 rings (SSSR count). The van der Waals surface area contributed by atoms with Crippen LogP contribution in [-0.2, 0) is 9.53 Å². The minimum Gasteiger partial charge on any atom is -0.469 e. The largest absolute Gasteiger partial charge is 0.469 e. The Balaban J connectivity index is 2.67. The monoisotopic (exact) mass is 253 g/mol. The molecule has 18 heavy (non-hydrogen) atoms. The first-order valence-corrected chi connectivity index (χ1v) is 5.70. The van der Waals surface area contributed by atoms with Gasteiger partial charge >= 0.3 is 5.97 Å². The summed E-state index contributed by atoms with van der Waals surface area (Å²) in [6, 6.07) is 5.33. The molecule has 0 saturated carbocycles. The summed E-state index contributed by atoms with van der Waals surface area (Å²) in [5.41, 5.74) is 0.406. The van der Waals surface area contributed by atoms with Crippen molar-refractivity contribution in [3.8, 4) is 0 Å². The third-order valence-corrected chi connectivity index (χ3v) is 2.57. The number of carbonyl (C=O) groups excluding carboxylic acids is 2. The first kappa shape index (κ1) is 14.2. The van der Waals surface area contributed by atoms with Gasteiger partial charge in [0.15, 0.2) is 0 Å². The Labute approximate surface area is 105 Å². The Hall–Kier alpha value is -1.91. The van der Waals surface area contributed by atoms with E-state index in [0.29, 0.717) is 18.7 Å². The second-order valence-electron chi connectivity index (χ2n) is 3.72.